The summed E-state index contributed by atoms with van der Waals surface area (Å²) in [4.78, 5) is 58.8. The van der Waals surface area contributed by atoms with E-state index >= 15 is 0 Å². The molecule has 0 saturated carbocycles. The van der Waals surface area contributed by atoms with Gasteiger partial charge in [0.05, 0.1) is 23.5 Å². The number of hydrogen-bond acceptors (Lipinski definition) is 19. The number of carboxylic acids is 1. The summed E-state index contributed by atoms with van der Waals surface area (Å²) >= 11 is 3.87. The molecule has 3 amide bonds. The second-order valence-corrected chi connectivity index (χ2v) is 21.7. The van der Waals surface area contributed by atoms with E-state index in [1.165, 1.54) is 29.9 Å². The zero-order valence-corrected chi connectivity index (χ0v) is 43.5. The van der Waals surface area contributed by atoms with Crippen molar-refractivity contribution in [3.05, 3.63) is 83.4 Å². The van der Waals surface area contributed by atoms with Gasteiger partial charge in [-0.3, -0.25) is 4.79 Å². The van der Waals surface area contributed by atoms with Crippen molar-refractivity contribution in [3.63, 3.8) is 0 Å². The number of nitrogen functional groups attached to an aromatic ring is 3. The summed E-state index contributed by atoms with van der Waals surface area (Å²) in [6, 6.07) is 6.80. The molecule has 2 saturated heterocycles. The van der Waals surface area contributed by atoms with Crippen LogP contribution in [0.15, 0.2) is 48.8 Å². The Morgan fingerprint density at radius 2 is 1.04 bits per heavy atom. The molecule has 27 heteroatoms. The van der Waals surface area contributed by atoms with Crippen molar-refractivity contribution in [1.29, 1.82) is 0 Å². The van der Waals surface area contributed by atoms with E-state index < -0.39 is 52.0 Å². The first kappa shape index (κ1) is 55.5. The zero-order chi connectivity index (χ0) is 53.4. The number of aromatic nitrogens is 4. The monoisotopic (exact) mass is 1090 g/mol. The normalized spacial score (nSPS) is 14.3. The summed E-state index contributed by atoms with van der Waals surface area (Å²) in [6.45, 7) is 13.3. The molecule has 8 N–H and O–H groups in total. The SMILES string of the molecule is CC(C)(C)OC(=O)N1CCC(Oc2sncc2N)CC1.CC(C)(C)OC(=O)N1CCC(Oc2sncc2NC(=O)c2nc(-c3c(F)cccc3F)sc2N)CC1.Nc1sc(-c2c(F)cccc2F)nc1C(=O)O. The fourth-order valence-corrected chi connectivity index (χ4v) is 9.75. The van der Waals surface area contributed by atoms with Crippen LogP contribution in [0.25, 0.3) is 21.1 Å². The van der Waals surface area contributed by atoms with Crippen molar-refractivity contribution >= 4 is 91.2 Å². The summed E-state index contributed by atoms with van der Waals surface area (Å²) in [5.74, 6) is -5.21. The number of aromatic carboxylic acids is 1. The number of hydrogen-bond donors (Lipinski definition) is 5. The van der Waals surface area contributed by atoms with Crippen LogP contribution in [0, 0.1) is 23.3 Å². The van der Waals surface area contributed by atoms with E-state index in [-0.39, 0.29) is 61.2 Å². The van der Waals surface area contributed by atoms with Gasteiger partial charge >= 0.3 is 18.2 Å². The van der Waals surface area contributed by atoms with Crippen LogP contribution in [0.2, 0.25) is 0 Å². The fourth-order valence-electron chi connectivity index (χ4n) is 6.77. The third-order valence-corrected chi connectivity index (χ3v) is 13.4. The number of nitrogens with zero attached hydrogens (tertiary/aromatic N) is 6. The summed E-state index contributed by atoms with van der Waals surface area (Å²) in [7, 11) is 0. The van der Waals surface area contributed by atoms with Gasteiger partial charge < -0.3 is 56.4 Å². The quantitative estimate of drug-likeness (QED) is 0.0842. The molecule has 19 nitrogen and oxygen atoms in total. The molecule has 0 unspecified atom stereocenters. The first-order valence-corrected chi connectivity index (χ1v) is 25.4. The molecule has 4 aromatic heterocycles. The Bertz CT molecular complexity index is 2860. The molecule has 73 heavy (non-hydrogen) atoms. The fraction of sp³-hybridized carbons (Fsp3) is 0.391. The van der Waals surface area contributed by atoms with Crippen LogP contribution in [-0.4, -0.2) is 107 Å². The molecule has 2 aromatic carbocycles. The maximum atomic E-state index is 14.1. The van der Waals surface area contributed by atoms with Gasteiger partial charge in [-0.1, -0.05) is 34.8 Å². The molecule has 2 aliphatic heterocycles. The number of nitrogens with two attached hydrogens (primary N) is 3. The molecule has 0 bridgehead atoms. The maximum Gasteiger partial charge on any atom is 0.410 e. The van der Waals surface area contributed by atoms with Gasteiger partial charge in [0.15, 0.2) is 11.4 Å². The van der Waals surface area contributed by atoms with E-state index in [0.29, 0.717) is 60.5 Å². The molecule has 0 atom stereocenters. The van der Waals surface area contributed by atoms with Gasteiger partial charge in [0.2, 0.25) is 10.1 Å². The molecule has 6 heterocycles. The largest absolute Gasteiger partial charge is 0.478 e. The zero-order valence-electron chi connectivity index (χ0n) is 40.2. The number of carboxylic acid groups (broad SMARTS) is 1. The Labute approximate surface area is 432 Å². The minimum Gasteiger partial charge on any atom is -0.478 e. The lowest BCUT2D eigenvalue weighted by Gasteiger charge is -2.33. The van der Waals surface area contributed by atoms with Crippen LogP contribution in [-0.2, 0) is 9.47 Å². The highest BCUT2D eigenvalue weighted by atomic mass is 32.1. The van der Waals surface area contributed by atoms with Gasteiger partial charge in [0.25, 0.3) is 5.91 Å². The van der Waals surface area contributed by atoms with Crippen molar-refractivity contribution in [3.8, 4) is 31.3 Å². The number of nitrogens with one attached hydrogen (secondary N) is 1. The van der Waals surface area contributed by atoms with Gasteiger partial charge in [-0.2, -0.15) is 8.75 Å². The van der Waals surface area contributed by atoms with E-state index in [0.717, 1.165) is 71.3 Å². The summed E-state index contributed by atoms with van der Waals surface area (Å²) in [5.41, 5.74) is 15.7. The molecule has 6 aromatic rings. The standard InChI is InChI=1S/C23H25F2N5O4S2.C13H21N3O3S.C10H6F2N2O2S/c1-23(2,3)34-22(32)30-9-7-12(8-10-30)33-21-15(11-27-36-21)28-19(31)17-18(26)35-20(29-17)16-13(24)5-4-6-14(16)25;1-13(2,3)19-12(17)16-6-4-9(5-7-16)18-11-10(14)8-15-20-11;11-4-2-1-3-5(12)6(4)9-14-7(10(15)16)8(13)17-9/h4-6,11-12H,7-10,26H2,1-3H3,(H,28,31);8-9H,4-7,14H2,1-3H3;1-3H,13H2,(H,15,16). The third-order valence-electron chi connectivity index (χ3n) is 10.2. The predicted octanol–water partition coefficient (Wildman–Crippen LogP) is 10.0. The summed E-state index contributed by atoms with van der Waals surface area (Å²) < 4.78 is 85.8. The molecule has 0 spiro atoms. The lowest BCUT2D eigenvalue weighted by atomic mass is 10.1. The first-order valence-electron chi connectivity index (χ1n) is 22.3. The van der Waals surface area contributed by atoms with Crippen LogP contribution in [0.1, 0.15) is 88.2 Å². The average Bonchev–Trinajstić information content (AvgIpc) is 4.11. The van der Waals surface area contributed by atoms with Crippen LogP contribution in [0.4, 0.5) is 48.5 Å². The Morgan fingerprint density at radius 1 is 0.644 bits per heavy atom. The topological polar surface area (TPSA) is 274 Å². The van der Waals surface area contributed by atoms with Gasteiger partial charge in [-0.25, -0.2) is 41.9 Å². The smallest absolute Gasteiger partial charge is 0.410 e. The summed E-state index contributed by atoms with van der Waals surface area (Å²) in [5, 5.41) is 12.3. The Balaban J connectivity index is 0.000000197. The first-order chi connectivity index (χ1) is 34.4. The number of benzene rings is 2. The van der Waals surface area contributed by atoms with Crippen molar-refractivity contribution in [1.82, 2.24) is 28.5 Å². The second kappa shape index (κ2) is 23.8. The van der Waals surface area contributed by atoms with Gasteiger partial charge in [0.1, 0.15) is 78.1 Å². The molecule has 392 valence electrons. The van der Waals surface area contributed by atoms with Crippen LogP contribution < -0.4 is 32.0 Å². The van der Waals surface area contributed by atoms with E-state index in [4.69, 9.17) is 41.3 Å². The number of ether oxygens (including phenoxy) is 4. The van der Waals surface area contributed by atoms with E-state index in [2.05, 4.69) is 24.0 Å². The molecule has 0 aliphatic carbocycles. The molecular formula is C46H52F4N10O9S4. The van der Waals surface area contributed by atoms with Gasteiger partial charge in [0, 0.05) is 74.9 Å². The molecule has 0 radical (unpaired) electrons. The highest BCUT2D eigenvalue weighted by Crippen LogP contribution is 2.37. The number of thiazole rings is 2. The average molecular weight is 1090 g/mol. The molecule has 2 fully saturated rings. The highest BCUT2D eigenvalue weighted by molar-refractivity contribution is 7.19. The van der Waals surface area contributed by atoms with E-state index in [9.17, 15) is 36.7 Å². The lowest BCUT2D eigenvalue weighted by molar-refractivity contribution is 0.0118. The molecule has 8 rings (SSSR count). The Morgan fingerprint density at radius 3 is 1.44 bits per heavy atom. The Kier molecular flexibility index (Phi) is 18.1. The number of halogens is 4. The van der Waals surface area contributed by atoms with Crippen molar-refractivity contribution in [2.24, 2.45) is 0 Å². The number of carbonyl (C=O) groups is 4. The number of likely N-dealkylation sites (tertiary alicyclic amines) is 2. The van der Waals surface area contributed by atoms with Crippen LogP contribution >= 0.6 is 45.7 Å². The summed E-state index contributed by atoms with van der Waals surface area (Å²) in [6.07, 6.45) is 5.03. The van der Waals surface area contributed by atoms with Gasteiger partial charge in [-0.15, -0.1) is 0 Å². The van der Waals surface area contributed by atoms with Crippen LogP contribution in [0.5, 0.6) is 10.1 Å². The van der Waals surface area contributed by atoms with E-state index in [1.54, 1.807) is 16.0 Å². The lowest BCUT2D eigenvalue weighted by Crippen LogP contribution is -2.44. The second-order valence-electron chi connectivity index (χ2n) is 18.1. The number of anilines is 4. The molecule has 2 aliphatic rings. The number of amides is 3. The van der Waals surface area contributed by atoms with E-state index in [1.807, 2.05) is 41.5 Å². The third kappa shape index (κ3) is 15.1. The van der Waals surface area contributed by atoms with Crippen LogP contribution in [0.3, 0.4) is 0 Å². The number of piperidine rings is 2. The minimum absolute atomic E-state index is 0.0188. The highest BCUT2D eigenvalue weighted by Gasteiger charge is 2.31. The number of carbonyl (C=O) groups excluding carboxylic acids is 3. The van der Waals surface area contributed by atoms with Gasteiger partial charge in [-0.05, 0) is 65.8 Å². The minimum atomic E-state index is -1.33. The van der Waals surface area contributed by atoms with Crippen molar-refractivity contribution < 1.29 is 60.8 Å². The maximum absolute atomic E-state index is 14.1. The predicted molar refractivity (Wildman–Crippen MR) is 270 cm³/mol. The van der Waals surface area contributed by atoms with Crippen molar-refractivity contribution in [2.45, 2.75) is 90.6 Å². The number of rotatable bonds is 9. The Hall–Kier alpha value is -6.84. The van der Waals surface area contributed by atoms with Crippen molar-refractivity contribution in [2.75, 3.05) is 48.7 Å². The molecular weight excluding hydrogens is 1040 g/mol.